The molecule has 1 aromatic rings. The lowest BCUT2D eigenvalue weighted by molar-refractivity contribution is -0.00556. The number of esters is 1. The van der Waals surface area contributed by atoms with Crippen LogP contribution in [0.4, 0.5) is 0 Å². The molecule has 8 heteroatoms. The summed E-state index contributed by atoms with van der Waals surface area (Å²) in [5.41, 5.74) is 0.309. The first-order valence-electron chi connectivity index (χ1n) is 8.34. The zero-order chi connectivity index (χ0) is 19.0. The van der Waals surface area contributed by atoms with Crippen LogP contribution in [0.1, 0.15) is 10.4 Å². The van der Waals surface area contributed by atoms with E-state index in [-0.39, 0.29) is 13.2 Å². The molecule has 0 aromatic heterocycles. The predicted octanol–water partition coefficient (Wildman–Crippen LogP) is 1.56. The van der Waals surface area contributed by atoms with Gasteiger partial charge in [-0.15, -0.1) is 0 Å². The van der Waals surface area contributed by atoms with Crippen molar-refractivity contribution in [2.45, 2.75) is 0 Å². The van der Waals surface area contributed by atoms with Gasteiger partial charge in [-0.25, -0.2) is 4.79 Å². The minimum absolute atomic E-state index is 0.138. The maximum Gasteiger partial charge on any atom is 0.342 e. The van der Waals surface area contributed by atoms with E-state index in [0.717, 1.165) is 0 Å². The van der Waals surface area contributed by atoms with Crippen LogP contribution in [-0.2, 0) is 23.7 Å². The minimum atomic E-state index is -0.492. The molecular weight excluding hydrogens is 344 g/mol. The maximum atomic E-state index is 12.1. The fraction of sp³-hybridized carbons (Fsp3) is 0.611. The highest BCUT2D eigenvalue weighted by Crippen LogP contribution is 2.30. The molecule has 8 nitrogen and oxygen atoms in total. The van der Waals surface area contributed by atoms with Crippen LogP contribution < -0.4 is 9.47 Å². The molecule has 0 amide bonds. The van der Waals surface area contributed by atoms with Gasteiger partial charge in [0, 0.05) is 7.11 Å². The van der Waals surface area contributed by atoms with E-state index in [1.807, 2.05) is 0 Å². The fourth-order valence-electron chi connectivity index (χ4n) is 2.00. The lowest BCUT2D eigenvalue weighted by Crippen LogP contribution is -2.15. The number of para-hydroxylation sites is 1. The molecule has 0 saturated heterocycles. The predicted molar refractivity (Wildman–Crippen MR) is 94.2 cm³/mol. The number of hydrogen-bond donors (Lipinski definition) is 0. The lowest BCUT2D eigenvalue weighted by atomic mass is 10.2. The normalized spacial score (nSPS) is 10.6. The van der Waals surface area contributed by atoms with Gasteiger partial charge in [0.05, 0.1) is 60.5 Å². The molecule has 1 aromatic carbocycles. The third kappa shape index (κ3) is 8.48. The Kier molecular flexibility index (Phi) is 12.2. The number of ether oxygens (including phenoxy) is 7. The Bertz CT molecular complexity index is 506. The Balaban J connectivity index is 2.11. The van der Waals surface area contributed by atoms with Crippen molar-refractivity contribution in [3.8, 4) is 11.5 Å². The second-order valence-electron chi connectivity index (χ2n) is 5.01. The van der Waals surface area contributed by atoms with Gasteiger partial charge in [0.15, 0.2) is 11.5 Å². The molecule has 148 valence electrons. The van der Waals surface area contributed by atoms with Crippen molar-refractivity contribution < 1.29 is 38.0 Å². The average molecular weight is 372 g/mol. The van der Waals surface area contributed by atoms with Gasteiger partial charge in [0.1, 0.15) is 12.2 Å². The highest BCUT2D eigenvalue weighted by atomic mass is 16.6. The molecule has 0 aliphatic rings. The second kappa shape index (κ2) is 14.3. The molecule has 0 heterocycles. The first-order chi connectivity index (χ1) is 12.7. The van der Waals surface area contributed by atoms with Gasteiger partial charge < -0.3 is 33.2 Å². The summed E-state index contributed by atoms with van der Waals surface area (Å²) in [7, 11) is 4.61. The molecule has 1 rings (SSSR count). The highest BCUT2D eigenvalue weighted by Gasteiger charge is 2.17. The van der Waals surface area contributed by atoms with Crippen molar-refractivity contribution in [3.05, 3.63) is 23.8 Å². The molecule has 26 heavy (non-hydrogen) atoms. The number of benzene rings is 1. The molecule has 0 radical (unpaired) electrons. The van der Waals surface area contributed by atoms with Gasteiger partial charge in [-0.05, 0) is 12.1 Å². The van der Waals surface area contributed by atoms with Gasteiger partial charge in [-0.1, -0.05) is 6.07 Å². The molecule has 0 aliphatic carbocycles. The van der Waals surface area contributed by atoms with E-state index in [1.165, 1.54) is 14.2 Å². The summed E-state index contributed by atoms with van der Waals surface area (Å²) >= 11 is 0. The van der Waals surface area contributed by atoms with Crippen LogP contribution in [0.2, 0.25) is 0 Å². The number of methoxy groups -OCH3 is 3. The van der Waals surface area contributed by atoms with E-state index in [1.54, 1.807) is 25.3 Å². The third-order valence-corrected chi connectivity index (χ3v) is 3.26. The molecule has 0 atom stereocenters. The Morgan fingerprint density at radius 3 is 1.88 bits per heavy atom. The van der Waals surface area contributed by atoms with E-state index < -0.39 is 5.97 Å². The SMILES string of the molecule is COCCOCCOCCOCCOC(=O)c1cccc(OC)c1OC. The van der Waals surface area contributed by atoms with Gasteiger partial charge in [-0.3, -0.25) is 0 Å². The quantitative estimate of drug-likeness (QED) is 0.339. The molecule has 0 aliphatic heterocycles. The average Bonchev–Trinajstić information content (AvgIpc) is 2.67. The number of carbonyl (C=O) groups excluding carboxylic acids is 1. The summed E-state index contributed by atoms with van der Waals surface area (Å²) in [5, 5.41) is 0. The van der Waals surface area contributed by atoms with Crippen LogP contribution in [0, 0.1) is 0 Å². The Morgan fingerprint density at radius 2 is 1.35 bits per heavy atom. The summed E-state index contributed by atoms with van der Waals surface area (Å²) < 4.78 is 36.3. The molecule has 0 fully saturated rings. The van der Waals surface area contributed by atoms with Crippen molar-refractivity contribution in [1.82, 2.24) is 0 Å². The molecule has 0 unspecified atom stereocenters. The van der Waals surface area contributed by atoms with Gasteiger partial charge in [0.25, 0.3) is 0 Å². The minimum Gasteiger partial charge on any atom is -0.493 e. The summed E-state index contributed by atoms with van der Waals surface area (Å²) in [4.78, 5) is 12.1. The second-order valence-corrected chi connectivity index (χ2v) is 5.01. The zero-order valence-corrected chi connectivity index (χ0v) is 15.7. The first-order valence-corrected chi connectivity index (χ1v) is 8.34. The van der Waals surface area contributed by atoms with Crippen LogP contribution >= 0.6 is 0 Å². The van der Waals surface area contributed by atoms with E-state index in [0.29, 0.717) is 56.7 Å². The maximum absolute atomic E-state index is 12.1. The van der Waals surface area contributed by atoms with E-state index in [2.05, 4.69) is 0 Å². The van der Waals surface area contributed by atoms with Crippen LogP contribution in [0.25, 0.3) is 0 Å². The van der Waals surface area contributed by atoms with Crippen LogP contribution in [0.15, 0.2) is 18.2 Å². The molecule has 0 spiro atoms. The van der Waals surface area contributed by atoms with E-state index >= 15 is 0 Å². The third-order valence-electron chi connectivity index (χ3n) is 3.26. The van der Waals surface area contributed by atoms with E-state index in [4.69, 9.17) is 33.2 Å². The van der Waals surface area contributed by atoms with Gasteiger partial charge in [0.2, 0.25) is 0 Å². The standard InChI is InChI=1S/C18H28O8/c1-20-7-8-23-9-10-24-11-12-25-13-14-26-18(19)15-5-4-6-16(21-2)17(15)22-3/h4-6H,7-14H2,1-3H3. The summed E-state index contributed by atoms with van der Waals surface area (Å²) in [5.74, 6) is 0.331. The Labute approximate surface area is 154 Å². The van der Waals surface area contributed by atoms with Crippen molar-refractivity contribution in [2.24, 2.45) is 0 Å². The van der Waals surface area contributed by atoms with Crippen molar-refractivity contribution in [3.63, 3.8) is 0 Å². The van der Waals surface area contributed by atoms with Crippen molar-refractivity contribution >= 4 is 5.97 Å². The topological polar surface area (TPSA) is 81.7 Å². The smallest absolute Gasteiger partial charge is 0.342 e. The van der Waals surface area contributed by atoms with Gasteiger partial charge >= 0.3 is 5.97 Å². The summed E-state index contributed by atoms with van der Waals surface area (Å²) in [6.45, 7) is 3.43. The molecule has 0 bridgehead atoms. The van der Waals surface area contributed by atoms with Gasteiger partial charge in [-0.2, -0.15) is 0 Å². The van der Waals surface area contributed by atoms with E-state index in [9.17, 15) is 4.79 Å². The number of hydrogen-bond acceptors (Lipinski definition) is 8. The molecule has 0 N–H and O–H groups in total. The number of carbonyl (C=O) groups is 1. The Hall–Kier alpha value is -1.87. The summed E-state index contributed by atoms with van der Waals surface area (Å²) in [6, 6.07) is 5.03. The zero-order valence-electron chi connectivity index (χ0n) is 15.7. The van der Waals surface area contributed by atoms with Crippen molar-refractivity contribution in [1.29, 1.82) is 0 Å². The highest BCUT2D eigenvalue weighted by molar-refractivity contribution is 5.93. The number of rotatable bonds is 15. The summed E-state index contributed by atoms with van der Waals surface area (Å²) in [6.07, 6.45) is 0. The molecular formula is C18H28O8. The Morgan fingerprint density at radius 1 is 0.769 bits per heavy atom. The fourth-order valence-corrected chi connectivity index (χ4v) is 2.00. The first kappa shape index (κ1) is 22.2. The monoisotopic (exact) mass is 372 g/mol. The van der Waals surface area contributed by atoms with Crippen molar-refractivity contribution in [2.75, 3.05) is 74.2 Å². The van der Waals surface area contributed by atoms with Crippen LogP contribution in [-0.4, -0.2) is 80.2 Å². The molecule has 0 saturated carbocycles. The van der Waals surface area contributed by atoms with Crippen LogP contribution in [0.3, 0.4) is 0 Å². The largest absolute Gasteiger partial charge is 0.493 e. The van der Waals surface area contributed by atoms with Crippen LogP contribution in [0.5, 0.6) is 11.5 Å². The lowest BCUT2D eigenvalue weighted by Gasteiger charge is -2.12.